The van der Waals surface area contributed by atoms with Crippen LogP contribution in [0, 0.1) is 5.41 Å². The van der Waals surface area contributed by atoms with Gasteiger partial charge in [-0.05, 0) is 12.2 Å². The van der Waals surface area contributed by atoms with Crippen molar-refractivity contribution < 1.29 is 23.7 Å². The minimum absolute atomic E-state index is 0.155. The highest BCUT2D eigenvalue weighted by Gasteiger charge is 2.21. The van der Waals surface area contributed by atoms with E-state index in [4.69, 9.17) is 31.2 Å². The molecule has 0 radical (unpaired) electrons. The van der Waals surface area contributed by atoms with Crippen LogP contribution < -0.4 is 0 Å². The van der Waals surface area contributed by atoms with E-state index in [0.29, 0.717) is 49.8 Å². The third kappa shape index (κ3) is 13.2. The molecule has 21 heavy (non-hydrogen) atoms. The molecule has 0 aliphatic carbocycles. The number of hydrogen-bond donors (Lipinski definition) is 0. The zero-order chi connectivity index (χ0) is 16.1. The molecule has 124 valence electrons. The van der Waals surface area contributed by atoms with Crippen molar-refractivity contribution in [2.45, 2.75) is 20.8 Å². The summed E-state index contributed by atoms with van der Waals surface area (Å²) in [6.45, 7) is 8.70. The topological polar surface area (TPSA) is 54.0 Å². The Morgan fingerprint density at radius 2 is 1.52 bits per heavy atom. The smallest absolute Gasteiger partial charge is 0.220 e. The van der Waals surface area contributed by atoms with Gasteiger partial charge in [-0.15, -0.1) is 0 Å². The lowest BCUT2D eigenvalue weighted by Gasteiger charge is -2.16. The van der Waals surface area contributed by atoms with Gasteiger partial charge in [0.15, 0.2) is 0 Å². The Morgan fingerprint density at radius 1 is 1.00 bits per heavy atom. The standard InChI is InChI=1S/C14H26O5S2/c1-14(2,3)12(15)11-21-13(20)19-10-9-18-8-7-17-6-5-16-4/h5-11H2,1-4H3. The number of methoxy groups -OCH3 is 1. The van der Waals surface area contributed by atoms with Crippen molar-refractivity contribution >= 4 is 34.1 Å². The second-order valence-electron chi connectivity index (χ2n) is 5.28. The van der Waals surface area contributed by atoms with Gasteiger partial charge in [0.25, 0.3) is 0 Å². The fourth-order valence-corrected chi connectivity index (χ4v) is 2.14. The fourth-order valence-electron chi connectivity index (χ4n) is 1.03. The number of thioether (sulfide) groups is 1. The summed E-state index contributed by atoms with van der Waals surface area (Å²) >= 11 is 6.29. The van der Waals surface area contributed by atoms with E-state index in [2.05, 4.69) is 0 Å². The molecule has 0 aliphatic heterocycles. The summed E-state index contributed by atoms with van der Waals surface area (Å²) in [4.78, 5) is 11.7. The highest BCUT2D eigenvalue weighted by atomic mass is 32.2. The predicted octanol–water partition coefficient (Wildman–Crippen LogP) is 2.32. The summed E-state index contributed by atoms with van der Waals surface area (Å²) in [5, 5.41) is 0. The molecule has 0 atom stereocenters. The largest absolute Gasteiger partial charge is 0.476 e. The second-order valence-corrected chi connectivity index (χ2v) is 6.86. The Morgan fingerprint density at radius 3 is 2.05 bits per heavy atom. The quantitative estimate of drug-likeness (QED) is 0.423. The first kappa shape index (κ1) is 20.8. The Kier molecular flexibility index (Phi) is 12.2. The Balaban J connectivity index is 3.40. The molecule has 0 aliphatic rings. The van der Waals surface area contributed by atoms with Crippen LogP contribution >= 0.6 is 24.0 Å². The van der Waals surface area contributed by atoms with Gasteiger partial charge in [-0.1, -0.05) is 32.5 Å². The first-order chi connectivity index (χ1) is 9.88. The van der Waals surface area contributed by atoms with E-state index in [1.165, 1.54) is 11.8 Å². The number of ether oxygens (including phenoxy) is 4. The SMILES string of the molecule is COCCOCCOCCOC(=S)SCC(=O)C(C)(C)C. The lowest BCUT2D eigenvalue weighted by molar-refractivity contribution is -0.123. The number of carbonyl (C=O) groups is 1. The van der Waals surface area contributed by atoms with Crippen LogP contribution in [0.5, 0.6) is 0 Å². The van der Waals surface area contributed by atoms with Gasteiger partial charge in [-0.2, -0.15) is 0 Å². The molecule has 0 bridgehead atoms. The van der Waals surface area contributed by atoms with E-state index in [1.807, 2.05) is 20.8 Å². The maximum absolute atomic E-state index is 11.7. The summed E-state index contributed by atoms with van der Waals surface area (Å²) in [6.07, 6.45) is 0. The summed E-state index contributed by atoms with van der Waals surface area (Å²) in [6, 6.07) is 0. The monoisotopic (exact) mass is 338 g/mol. The molecule has 0 amide bonds. The second kappa shape index (κ2) is 12.3. The van der Waals surface area contributed by atoms with Crippen LogP contribution in [-0.2, 0) is 23.7 Å². The molecule has 5 nitrogen and oxygen atoms in total. The minimum atomic E-state index is -0.339. The maximum Gasteiger partial charge on any atom is 0.220 e. The van der Waals surface area contributed by atoms with E-state index in [1.54, 1.807) is 7.11 Å². The Bertz CT molecular complexity index is 302. The molecule has 0 saturated heterocycles. The van der Waals surface area contributed by atoms with Crippen LogP contribution in [0.1, 0.15) is 20.8 Å². The first-order valence-electron chi connectivity index (χ1n) is 6.85. The molecule has 0 heterocycles. The number of thiocarbonyl (C=S) groups is 1. The molecule has 0 rings (SSSR count). The predicted molar refractivity (Wildman–Crippen MR) is 89.0 cm³/mol. The van der Waals surface area contributed by atoms with Crippen molar-refractivity contribution in [2.75, 3.05) is 52.5 Å². The van der Waals surface area contributed by atoms with Gasteiger partial charge in [0.2, 0.25) is 4.38 Å². The molecular formula is C14H26O5S2. The highest BCUT2D eigenvalue weighted by molar-refractivity contribution is 8.23. The minimum Gasteiger partial charge on any atom is -0.476 e. The van der Waals surface area contributed by atoms with Gasteiger partial charge < -0.3 is 18.9 Å². The zero-order valence-electron chi connectivity index (χ0n) is 13.3. The molecule has 0 aromatic carbocycles. The van der Waals surface area contributed by atoms with Crippen molar-refractivity contribution in [3.63, 3.8) is 0 Å². The molecule has 0 fully saturated rings. The van der Waals surface area contributed by atoms with E-state index in [-0.39, 0.29) is 11.2 Å². The lowest BCUT2D eigenvalue weighted by atomic mass is 9.92. The highest BCUT2D eigenvalue weighted by Crippen LogP contribution is 2.18. The van der Waals surface area contributed by atoms with Crippen LogP contribution in [-0.4, -0.2) is 62.7 Å². The summed E-state index contributed by atoms with van der Waals surface area (Å²) in [5.41, 5.74) is -0.339. The van der Waals surface area contributed by atoms with Gasteiger partial charge in [0, 0.05) is 12.5 Å². The number of Topliss-reactive ketones (excluding diaryl/α,β-unsaturated/α-hetero) is 1. The van der Waals surface area contributed by atoms with Crippen molar-refractivity contribution in [3.05, 3.63) is 0 Å². The molecular weight excluding hydrogens is 312 g/mol. The average molecular weight is 338 g/mol. The van der Waals surface area contributed by atoms with Crippen molar-refractivity contribution in [1.29, 1.82) is 0 Å². The molecule has 0 unspecified atom stereocenters. The van der Waals surface area contributed by atoms with Gasteiger partial charge in [0.1, 0.15) is 12.4 Å². The van der Waals surface area contributed by atoms with Gasteiger partial charge in [-0.25, -0.2) is 0 Å². The zero-order valence-corrected chi connectivity index (χ0v) is 14.9. The third-order valence-electron chi connectivity index (χ3n) is 2.41. The fraction of sp³-hybridized carbons (Fsp3) is 0.857. The van der Waals surface area contributed by atoms with Crippen LogP contribution in [0.25, 0.3) is 0 Å². The van der Waals surface area contributed by atoms with Gasteiger partial charge in [-0.3, -0.25) is 4.79 Å². The normalized spacial score (nSPS) is 11.4. The molecule has 0 N–H and O–H groups in total. The molecule has 0 aromatic heterocycles. The van der Waals surface area contributed by atoms with Crippen LogP contribution in [0.15, 0.2) is 0 Å². The van der Waals surface area contributed by atoms with Crippen LogP contribution in [0.2, 0.25) is 0 Å². The molecule has 0 spiro atoms. The van der Waals surface area contributed by atoms with Gasteiger partial charge >= 0.3 is 0 Å². The van der Waals surface area contributed by atoms with E-state index in [0.717, 1.165) is 0 Å². The van der Waals surface area contributed by atoms with Crippen LogP contribution in [0.4, 0.5) is 0 Å². The van der Waals surface area contributed by atoms with Crippen molar-refractivity contribution in [1.82, 2.24) is 0 Å². The summed E-state index contributed by atoms with van der Waals surface area (Å²) in [5.74, 6) is 0.499. The van der Waals surface area contributed by atoms with Crippen molar-refractivity contribution in [3.8, 4) is 0 Å². The van der Waals surface area contributed by atoms with Crippen molar-refractivity contribution in [2.24, 2.45) is 5.41 Å². The lowest BCUT2D eigenvalue weighted by Crippen LogP contribution is -2.23. The van der Waals surface area contributed by atoms with E-state index >= 15 is 0 Å². The summed E-state index contributed by atoms with van der Waals surface area (Å²) in [7, 11) is 1.63. The molecule has 0 aromatic rings. The average Bonchev–Trinajstić information content (AvgIpc) is 2.41. The Labute approximate surface area is 137 Å². The number of carbonyl (C=O) groups excluding carboxylic acids is 1. The molecule has 0 saturated carbocycles. The van der Waals surface area contributed by atoms with Gasteiger partial charge in [0.05, 0.1) is 38.8 Å². The first-order valence-corrected chi connectivity index (χ1v) is 8.24. The third-order valence-corrected chi connectivity index (χ3v) is 3.64. The molecule has 7 heteroatoms. The maximum atomic E-state index is 11.7. The van der Waals surface area contributed by atoms with E-state index in [9.17, 15) is 4.79 Å². The van der Waals surface area contributed by atoms with E-state index < -0.39 is 0 Å². The number of rotatable bonds is 11. The van der Waals surface area contributed by atoms with Crippen LogP contribution in [0.3, 0.4) is 0 Å². The number of ketones is 1. The summed E-state index contributed by atoms with van der Waals surface area (Å²) < 4.78 is 21.1. The number of hydrogen-bond acceptors (Lipinski definition) is 7. The Hall–Kier alpha value is -0.210.